The number of halogens is 1. The zero-order valence-electron chi connectivity index (χ0n) is 13.1. The fourth-order valence-electron chi connectivity index (χ4n) is 4.08. The Morgan fingerprint density at radius 1 is 1.27 bits per heavy atom. The van der Waals surface area contributed by atoms with Gasteiger partial charge in [0, 0.05) is 30.4 Å². The summed E-state index contributed by atoms with van der Waals surface area (Å²) >= 11 is 0. The Balaban J connectivity index is 0.00000144. The lowest BCUT2D eigenvalue weighted by molar-refractivity contribution is 0.0330. The van der Waals surface area contributed by atoms with E-state index < -0.39 is 0 Å². The molecule has 4 rings (SSSR count). The first-order valence-electron chi connectivity index (χ1n) is 7.83. The topological polar surface area (TPSA) is 31.4 Å². The zero-order chi connectivity index (χ0) is 14.4. The summed E-state index contributed by atoms with van der Waals surface area (Å²) in [4.78, 5) is 4.96. The molecule has 3 nitrogen and oxygen atoms in total. The van der Waals surface area contributed by atoms with Crippen LogP contribution in [0.5, 0.6) is 5.75 Å². The van der Waals surface area contributed by atoms with Crippen LogP contribution in [0, 0.1) is 12.8 Å². The van der Waals surface area contributed by atoms with Crippen LogP contribution in [-0.2, 0) is 11.2 Å². The number of rotatable bonds is 1. The quantitative estimate of drug-likeness (QED) is 0.795. The molecule has 2 aromatic rings. The lowest BCUT2D eigenvalue weighted by atomic mass is 9.72. The first-order valence-corrected chi connectivity index (χ1v) is 7.83. The van der Waals surface area contributed by atoms with Gasteiger partial charge in [-0.1, -0.05) is 0 Å². The highest BCUT2D eigenvalue weighted by Gasteiger charge is 2.34. The summed E-state index contributed by atoms with van der Waals surface area (Å²) in [5.74, 6) is 2.21. The molecule has 2 heterocycles. The molecular weight excluding hydrogens is 298 g/mol. The molecule has 1 aliphatic carbocycles. The number of aryl methyl sites for hydroxylation is 2. The van der Waals surface area contributed by atoms with Crippen molar-refractivity contribution in [1.29, 1.82) is 0 Å². The van der Waals surface area contributed by atoms with Crippen LogP contribution >= 0.6 is 12.4 Å². The minimum absolute atomic E-state index is 0. The SMILES string of the molecule is COc1ccc2c(C)c3c(nc2c1)CCC1COCCC31.Cl. The summed E-state index contributed by atoms with van der Waals surface area (Å²) in [7, 11) is 1.71. The monoisotopic (exact) mass is 319 g/mol. The molecule has 0 amide bonds. The van der Waals surface area contributed by atoms with Crippen LogP contribution in [0.4, 0.5) is 0 Å². The van der Waals surface area contributed by atoms with E-state index in [1.165, 1.54) is 28.6 Å². The van der Waals surface area contributed by atoms with E-state index in [0.29, 0.717) is 11.8 Å². The van der Waals surface area contributed by atoms with Gasteiger partial charge in [0.2, 0.25) is 0 Å². The number of ether oxygens (including phenoxy) is 2. The molecule has 0 radical (unpaired) electrons. The zero-order valence-corrected chi connectivity index (χ0v) is 13.9. The van der Waals surface area contributed by atoms with Crippen molar-refractivity contribution in [2.45, 2.75) is 32.1 Å². The Morgan fingerprint density at radius 2 is 2.14 bits per heavy atom. The Kier molecular flexibility index (Phi) is 4.28. The van der Waals surface area contributed by atoms with Crippen LogP contribution in [0.25, 0.3) is 10.9 Å². The molecule has 0 N–H and O–H groups in total. The smallest absolute Gasteiger partial charge is 0.121 e. The number of hydrogen-bond acceptors (Lipinski definition) is 3. The van der Waals surface area contributed by atoms with E-state index in [2.05, 4.69) is 19.1 Å². The molecule has 4 heteroatoms. The predicted octanol–water partition coefficient (Wildman–Crippen LogP) is 4.04. The average Bonchev–Trinajstić information content (AvgIpc) is 2.54. The minimum atomic E-state index is 0. The molecule has 1 saturated heterocycles. The van der Waals surface area contributed by atoms with Gasteiger partial charge in [-0.25, -0.2) is 0 Å². The molecule has 2 aliphatic rings. The Morgan fingerprint density at radius 3 is 2.95 bits per heavy atom. The number of pyridine rings is 1. The fourth-order valence-corrected chi connectivity index (χ4v) is 4.08. The van der Waals surface area contributed by atoms with E-state index in [-0.39, 0.29) is 12.4 Å². The van der Waals surface area contributed by atoms with Crippen LogP contribution < -0.4 is 4.74 Å². The molecule has 0 spiro atoms. The first-order chi connectivity index (χ1) is 10.3. The van der Waals surface area contributed by atoms with E-state index in [9.17, 15) is 0 Å². The largest absolute Gasteiger partial charge is 0.497 e. The lowest BCUT2D eigenvalue weighted by Gasteiger charge is -2.37. The number of hydrogen-bond donors (Lipinski definition) is 0. The maximum atomic E-state index is 5.67. The Labute approximate surface area is 137 Å². The summed E-state index contributed by atoms with van der Waals surface area (Å²) in [5, 5.41) is 1.27. The molecule has 22 heavy (non-hydrogen) atoms. The molecule has 1 fully saturated rings. The molecule has 1 aromatic carbocycles. The maximum absolute atomic E-state index is 5.67. The standard InChI is InChI=1S/C18H21NO2.ClH/c1-11-14-5-4-13(20-2)9-17(14)19-16-6-3-12-10-21-8-7-15(12)18(11)16;/h4-5,9,12,15H,3,6-8,10H2,1-2H3;1H. The van der Waals surface area contributed by atoms with Crippen molar-refractivity contribution in [3.05, 3.63) is 35.0 Å². The highest BCUT2D eigenvalue weighted by molar-refractivity contribution is 5.85. The van der Waals surface area contributed by atoms with Gasteiger partial charge in [-0.3, -0.25) is 4.98 Å². The molecule has 1 aliphatic heterocycles. The van der Waals surface area contributed by atoms with Gasteiger partial charge in [-0.15, -0.1) is 12.4 Å². The second kappa shape index (κ2) is 6.05. The van der Waals surface area contributed by atoms with E-state index in [1.54, 1.807) is 7.11 Å². The van der Waals surface area contributed by atoms with Crippen molar-refractivity contribution in [1.82, 2.24) is 4.98 Å². The van der Waals surface area contributed by atoms with Gasteiger partial charge in [-0.05, 0) is 61.3 Å². The van der Waals surface area contributed by atoms with Crippen LogP contribution in [0.2, 0.25) is 0 Å². The van der Waals surface area contributed by atoms with Gasteiger partial charge in [0.15, 0.2) is 0 Å². The van der Waals surface area contributed by atoms with Gasteiger partial charge in [0.1, 0.15) is 5.75 Å². The van der Waals surface area contributed by atoms with Gasteiger partial charge in [0.05, 0.1) is 12.6 Å². The van der Waals surface area contributed by atoms with E-state index >= 15 is 0 Å². The number of fused-ring (bicyclic) bond motifs is 4. The molecule has 2 unspecified atom stereocenters. The highest BCUT2D eigenvalue weighted by atomic mass is 35.5. The van der Waals surface area contributed by atoms with Crippen LogP contribution in [-0.4, -0.2) is 25.3 Å². The molecule has 0 bridgehead atoms. The number of benzene rings is 1. The van der Waals surface area contributed by atoms with Gasteiger partial charge in [-0.2, -0.15) is 0 Å². The lowest BCUT2D eigenvalue weighted by Crippen LogP contribution is -2.31. The van der Waals surface area contributed by atoms with Crippen LogP contribution in [0.15, 0.2) is 18.2 Å². The normalized spacial score (nSPS) is 23.4. The van der Waals surface area contributed by atoms with Crippen molar-refractivity contribution < 1.29 is 9.47 Å². The maximum Gasteiger partial charge on any atom is 0.121 e. The van der Waals surface area contributed by atoms with Crippen molar-refractivity contribution in [2.24, 2.45) is 5.92 Å². The minimum Gasteiger partial charge on any atom is -0.497 e. The highest BCUT2D eigenvalue weighted by Crippen LogP contribution is 2.43. The number of aromatic nitrogens is 1. The molecule has 1 aromatic heterocycles. The number of nitrogens with zero attached hydrogens (tertiary/aromatic N) is 1. The second-order valence-corrected chi connectivity index (χ2v) is 6.25. The van der Waals surface area contributed by atoms with Crippen molar-refractivity contribution >= 4 is 23.3 Å². The van der Waals surface area contributed by atoms with Gasteiger partial charge in [0.25, 0.3) is 0 Å². The van der Waals surface area contributed by atoms with E-state index in [1.807, 2.05) is 6.07 Å². The average molecular weight is 320 g/mol. The third-order valence-corrected chi connectivity index (χ3v) is 5.18. The number of methoxy groups -OCH3 is 1. The third kappa shape index (κ3) is 2.37. The van der Waals surface area contributed by atoms with Crippen molar-refractivity contribution in [2.75, 3.05) is 20.3 Å². The van der Waals surface area contributed by atoms with Crippen molar-refractivity contribution in [3.8, 4) is 5.75 Å². The molecule has 0 saturated carbocycles. The summed E-state index contributed by atoms with van der Waals surface area (Å²) < 4.78 is 11.0. The predicted molar refractivity (Wildman–Crippen MR) is 90.3 cm³/mol. The van der Waals surface area contributed by atoms with E-state index in [4.69, 9.17) is 14.5 Å². The molecule has 118 valence electrons. The van der Waals surface area contributed by atoms with Gasteiger partial charge < -0.3 is 9.47 Å². The van der Waals surface area contributed by atoms with Crippen LogP contribution in [0.3, 0.4) is 0 Å². The third-order valence-electron chi connectivity index (χ3n) is 5.18. The summed E-state index contributed by atoms with van der Waals surface area (Å²) in [6, 6.07) is 6.24. The molecular formula is C18H22ClNO2. The second-order valence-electron chi connectivity index (χ2n) is 6.25. The summed E-state index contributed by atoms with van der Waals surface area (Å²) in [6.45, 7) is 4.07. The van der Waals surface area contributed by atoms with Gasteiger partial charge >= 0.3 is 0 Å². The van der Waals surface area contributed by atoms with Crippen LogP contribution in [0.1, 0.15) is 35.6 Å². The first kappa shape index (κ1) is 15.6. The summed E-state index contributed by atoms with van der Waals surface area (Å²) in [6.07, 6.45) is 3.43. The van der Waals surface area contributed by atoms with E-state index in [0.717, 1.165) is 37.3 Å². The fraction of sp³-hybridized carbons (Fsp3) is 0.500. The Bertz CT molecular complexity index is 701. The van der Waals surface area contributed by atoms with Crippen molar-refractivity contribution in [3.63, 3.8) is 0 Å². The molecule has 2 atom stereocenters. The Hall–Kier alpha value is -1.32. The summed E-state index contributed by atoms with van der Waals surface area (Å²) in [5.41, 5.74) is 5.29.